The summed E-state index contributed by atoms with van der Waals surface area (Å²) in [4.78, 5) is 26.2. The van der Waals surface area contributed by atoms with Crippen LogP contribution in [-0.2, 0) is 21.5 Å². The second-order valence-corrected chi connectivity index (χ2v) is 6.99. The lowest BCUT2D eigenvalue weighted by molar-refractivity contribution is -0.202. The van der Waals surface area contributed by atoms with Crippen LogP contribution in [0.15, 0.2) is 24.3 Å². The molecule has 0 radical (unpaired) electrons. The first-order valence-corrected chi connectivity index (χ1v) is 9.49. The van der Waals surface area contributed by atoms with Gasteiger partial charge in [0.1, 0.15) is 0 Å². The highest BCUT2D eigenvalue weighted by Crippen LogP contribution is 2.48. The van der Waals surface area contributed by atoms with Gasteiger partial charge >= 0.3 is 6.18 Å². The number of fused-ring (bicyclic) bond motifs is 1. The van der Waals surface area contributed by atoms with Gasteiger partial charge in [-0.3, -0.25) is 9.59 Å². The lowest BCUT2D eigenvalue weighted by Crippen LogP contribution is -2.54. The lowest BCUT2D eigenvalue weighted by Gasteiger charge is -2.34. The Morgan fingerprint density at radius 1 is 1.11 bits per heavy atom. The molecule has 0 spiro atoms. The van der Waals surface area contributed by atoms with Gasteiger partial charge in [-0.05, 0) is 36.8 Å². The van der Waals surface area contributed by atoms with Crippen LogP contribution in [0.4, 0.5) is 13.2 Å². The first kappa shape index (κ1) is 21.3. The molecule has 1 aromatic carbocycles. The molecular formula is C20H27F3N2O2. The summed E-state index contributed by atoms with van der Waals surface area (Å²) in [6.07, 6.45) is -3.29. The summed E-state index contributed by atoms with van der Waals surface area (Å²) in [6, 6.07) is 6.33. The number of hydrogen-bond acceptors (Lipinski definition) is 2. The molecule has 0 saturated carbocycles. The number of carbonyl (C=O) groups excluding carboxylic acids is 2. The molecule has 0 fully saturated rings. The molecule has 2 amide bonds. The van der Waals surface area contributed by atoms with E-state index in [1.807, 2.05) is 13.8 Å². The molecule has 0 aliphatic heterocycles. The van der Waals surface area contributed by atoms with Crippen LogP contribution < -0.4 is 5.32 Å². The van der Waals surface area contributed by atoms with Gasteiger partial charge in [0.05, 0.1) is 0 Å². The number of halogens is 3. The van der Waals surface area contributed by atoms with E-state index in [1.165, 1.54) is 6.07 Å². The van der Waals surface area contributed by atoms with Crippen molar-refractivity contribution in [1.82, 2.24) is 10.2 Å². The number of aryl methyl sites for hydroxylation is 1. The Labute approximate surface area is 158 Å². The Bertz CT molecular complexity index is 669. The molecule has 1 aliphatic rings. The van der Waals surface area contributed by atoms with Crippen LogP contribution in [0.25, 0.3) is 0 Å². The molecule has 1 aromatic rings. The molecule has 0 saturated heterocycles. The Hall–Kier alpha value is -2.05. The highest BCUT2D eigenvalue weighted by molar-refractivity contribution is 5.84. The third-order valence-electron chi connectivity index (χ3n) is 4.99. The largest absolute Gasteiger partial charge is 0.415 e. The third kappa shape index (κ3) is 4.62. The Kier molecular flexibility index (Phi) is 6.89. The average molecular weight is 384 g/mol. The predicted molar refractivity (Wildman–Crippen MR) is 97.0 cm³/mol. The zero-order valence-electron chi connectivity index (χ0n) is 15.9. The summed E-state index contributed by atoms with van der Waals surface area (Å²) in [7, 11) is 0. The van der Waals surface area contributed by atoms with Crippen molar-refractivity contribution in [3.05, 3.63) is 35.4 Å². The molecule has 7 heteroatoms. The number of rotatable bonds is 8. The van der Waals surface area contributed by atoms with Crippen molar-refractivity contribution in [1.29, 1.82) is 0 Å². The van der Waals surface area contributed by atoms with Gasteiger partial charge in [-0.2, -0.15) is 13.2 Å². The number of benzene rings is 1. The van der Waals surface area contributed by atoms with Gasteiger partial charge in [-0.15, -0.1) is 0 Å². The third-order valence-corrected chi connectivity index (χ3v) is 4.99. The zero-order valence-corrected chi connectivity index (χ0v) is 15.9. The van der Waals surface area contributed by atoms with Crippen LogP contribution in [0.3, 0.4) is 0 Å². The molecule has 1 N–H and O–H groups in total. The van der Waals surface area contributed by atoms with E-state index < -0.39 is 17.6 Å². The smallest absolute Gasteiger partial charge is 0.343 e. The highest BCUT2D eigenvalue weighted by atomic mass is 19.4. The molecule has 4 nitrogen and oxygen atoms in total. The fourth-order valence-electron chi connectivity index (χ4n) is 3.69. The summed E-state index contributed by atoms with van der Waals surface area (Å²) < 4.78 is 41.7. The van der Waals surface area contributed by atoms with E-state index in [-0.39, 0.29) is 37.2 Å². The number of nitrogens with one attached hydrogen (secondary N) is 1. The monoisotopic (exact) mass is 384 g/mol. The molecule has 27 heavy (non-hydrogen) atoms. The van der Waals surface area contributed by atoms with Crippen LogP contribution in [0.1, 0.15) is 57.1 Å². The quantitative estimate of drug-likeness (QED) is 0.738. The van der Waals surface area contributed by atoms with Crippen LogP contribution in [0.2, 0.25) is 0 Å². The van der Waals surface area contributed by atoms with E-state index in [0.717, 1.165) is 12.8 Å². The van der Waals surface area contributed by atoms with E-state index in [1.54, 1.807) is 23.1 Å². The van der Waals surface area contributed by atoms with Crippen molar-refractivity contribution in [3.63, 3.8) is 0 Å². The molecule has 1 unspecified atom stereocenters. The van der Waals surface area contributed by atoms with Crippen LogP contribution >= 0.6 is 0 Å². The van der Waals surface area contributed by atoms with Crippen molar-refractivity contribution in [2.75, 3.05) is 13.1 Å². The minimum atomic E-state index is -4.60. The van der Waals surface area contributed by atoms with Gasteiger partial charge in [0.15, 0.2) is 5.54 Å². The number of hydrogen-bond donors (Lipinski definition) is 1. The standard InChI is InChI=1S/C20H27F3N2O2/c1-3-13-25(14-4-2)18(27)10-9-17(26)24-19(20(21,22)23)12-11-15-7-5-6-8-16(15)19/h5-8H,3-4,9-14H2,1-2H3,(H,24,26). The van der Waals surface area contributed by atoms with Crippen molar-refractivity contribution in [3.8, 4) is 0 Å². The first-order valence-electron chi connectivity index (χ1n) is 9.49. The maximum atomic E-state index is 13.9. The predicted octanol–water partition coefficient (Wildman–Crippen LogP) is 3.94. The molecule has 1 aliphatic carbocycles. The SMILES string of the molecule is CCCN(CCC)C(=O)CCC(=O)NC1(C(F)(F)F)CCc2ccccc21. The van der Waals surface area contributed by atoms with E-state index in [9.17, 15) is 22.8 Å². The number of nitrogens with zero attached hydrogens (tertiary/aromatic N) is 1. The first-order chi connectivity index (χ1) is 12.7. The van der Waals surface area contributed by atoms with Crippen molar-refractivity contribution < 1.29 is 22.8 Å². The summed E-state index contributed by atoms with van der Waals surface area (Å²) >= 11 is 0. The fraction of sp³-hybridized carbons (Fsp3) is 0.600. The molecule has 1 atom stereocenters. The van der Waals surface area contributed by atoms with Gasteiger partial charge in [0.25, 0.3) is 0 Å². The maximum Gasteiger partial charge on any atom is 0.415 e. The average Bonchev–Trinajstić information content (AvgIpc) is 2.99. The van der Waals surface area contributed by atoms with Gasteiger partial charge in [-0.25, -0.2) is 0 Å². The zero-order chi connectivity index (χ0) is 20.1. The van der Waals surface area contributed by atoms with Gasteiger partial charge < -0.3 is 10.2 Å². The Morgan fingerprint density at radius 2 is 1.74 bits per heavy atom. The van der Waals surface area contributed by atoms with Gasteiger partial charge in [0, 0.05) is 25.9 Å². The second kappa shape index (κ2) is 8.76. The Balaban J connectivity index is 2.07. The van der Waals surface area contributed by atoms with Crippen molar-refractivity contribution in [2.45, 2.75) is 64.1 Å². The maximum absolute atomic E-state index is 13.9. The second-order valence-electron chi connectivity index (χ2n) is 6.99. The Morgan fingerprint density at radius 3 is 2.33 bits per heavy atom. The molecule has 2 rings (SSSR count). The highest BCUT2D eigenvalue weighted by Gasteiger charge is 2.59. The van der Waals surface area contributed by atoms with E-state index in [2.05, 4.69) is 5.32 Å². The molecule has 0 heterocycles. The molecule has 150 valence electrons. The van der Waals surface area contributed by atoms with E-state index in [4.69, 9.17) is 0 Å². The summed E-state index contributed by atoms with van der Waals surface area (Å²) in [6.45, 7) is 5.09. The summed E-state index contributed by atoms with van der Waals surface area (Å²) in [5, 5.41) is 2.21. The van der Waals surface area contributed by atoms with E-state index in [0.29, 0.717) is 18.7 Å². The van der Waals surface area contributed by atoms with Crippen LogP contribution in [0, 0.1) is 0 Å². The molecule has 0 aromatic heterocycles. The molecular weight excluding hydrogens is 357 g/mol. The fourth-order valence-corrected chi connectivity index (χ4v) is 3.69. The van der Waals surface area contributed by atoms with E-state index >= 15 is 0 Å². The van der Waals surface area contributed by atoms with Crippen molar-refractivity contribution >= 4 is 11.8 Å². The normalized spacial score (nSPS) is 18.9. The summed E-state index contributed by atoms with van der Waals surface area (Å²) in [5.74, 6) is -0.938. The summed E-state index contributed by atoms with van der Waals surface area (Å²) in [5.41, 5.74) is -1.66. The van der Waals surface area contributed by atoms with Crippen LogP contribution in [0.5, 0.6) is 0 Å². The number of carbonyl (C=O) groups is 2. The number of alkyl halides is 3. The van der Waals surface area contributed by atoms with Crippen LogP contribution in [-0.4, -0.2) is 36.0 Å². The number of amides is 2. The molecule has 0 bridgehead atoms. The topological polar surface area (TPSA) is 49.4 Å². The lowest BCUT2D eigenvalue weighted by atomic mass is 9.90. The minimum Gasteiger partial charge on any atom is -0.343 e. The van der Waals surface area contributed by atoms with Gasteiger partial charge in [-0.1, -0.05) is 38.1 Å². The van der Waals surface area contributed by atoms with Crippen molar-refractivity contribution in [2.24, 2.45) is 0 Å². The van der Waals surface area contributed by atoms with Gasteiger partial charge in [0.2, 0.25) is 11.8 Å². The minimum absolute atomic E-state index is 0.0819.